The van der Waals surface area contributed by atoms with E-state index in [1.807, 2.05) is 36.4 Å². The number of halogens is 2. The molecule has 0 amide bonds. The fourth-order valence-electron chi connectivity index (χ4n) is 14.2. The second-order valence-electron chi connectivity index (χ2n) is 25.7. The van der Waals surface area contributed by atoms with Gasteiger partial charge >= 0.3 is 6.97 Å². The molecule has 0 saturated carbocycles. The maximum absolute atomic E-state index is 21.1. The van der Waals surface area contributed by atoms with Crippen molar-refractivity contribution in [3.05, 3.63) is 299 Å². The molecule has 0 unspecified atom stereocenters. The third-order valence-corrected chi connectivity index (χ3v) is 19.5. The van der Waals surface area contributed by atoms with Crippen LogP contribution in [-0.4, -0.2) is 43.0 Å². The van der Waals surface area contributed by atoms with Gasteiger partial charge in [-0.05, 0) is 189 Å². The first-order valence-corrected chi connectivity index (χ1v) is 34.6. The summed E-state index contributed by atoms with van der Waals surface area (Å²) in [4.78, 5) is 0. The highest BCUT2D eigenvalue weighted by atomic mass is 19.2. The lowest BCUT2D eigenvalue weighted by Crippen LogP contribution is -2.52. The molecule has 482 valence electrons. The Morgan fingerprint density at radius 1 is 0.292 bits per heavy atom. The molecule has 3 heterocycles. The number of benzene rings is 10. The largest absolute Gasteiger partial charge is 0.738 e. The maximum Gasteiger partial charge on any atom is 0.738 e. The standard InChI is InChI=1S/C88H85BF2N2O3/c1-8-12-16-60-20-28-70(29-21-60)80-82(72-42-36-64(37-43-72)67-48-54-77(94-5)55-49-67)87-84(74-46-40-66(41-47-74)69-52-58-79(96-7)59-53-69)88-83(73-44-38-65(39-45-73)68-50-56-78(95-6)57-51-68)81(71-30-22-61(23-31-71)17-13-9-2)86(76-34-26-63(27-35-76)19-15-11-4)93(88)89(90,91)92(87)85(80)75-32-24-62(25-33-75)18-14-10-3/h20-59H,8-19H2,1-7H3. The molecule has 0 saturated heterocycles. The summed E-state index contributed by atoms with van der Waals surface area (Å²) in [5.74, 6) is 2.31. The number of allylic oxidation sites excluding steroid dienone is 2. The molecular formula is C88H85BF2N2O3. The lowest BCUT2D eigenvalue weighted by molar-refractivity contribution is -0.358. The summed E-state index contributed by atoms with van der Waals surface area (Å²) in [5.41, 5.74) is 21.9. The van der Waals surface area contributed by atoms with Crippen molar-refractivity contribution in [2.24, 2.45) is 0 Å². The molecule has 0 spiro atoms. The average molecular weight is 1270 g/mol. The predicted molar refractivity (Wildman–Crippen MR) is 397 cm³/mol. The summed E-state index contributed by atoms with van der Waals surface area (Å²) >= 11 is 0. The number of ether oxygens (including phenoxy) is 3. The highest BCUT2D eigenvalue weighted by Gasteiger charge is 2.60. The molecular weight excluding hydrogens is 1180 g/mol. The molecule has 8 heteroatoms. The molecule has 96 heavy (non-hydrogen) atoms. The van der Waals surface area contributed by atoms with E-state index in [0.717, 1.165) is 178 Å². The maximum atomic E-state index is 21.1. The van der Waals surface area contributed by atoms with E-state index in [-0.39, 0.29) is 0 Å². The summed E-state index contributed by atoms with van der Waals surface area (Å²) < 4.78 is 62.0. The van der Waals surface area contributed by atoms with Crippen LogP contribution in [0.1, 0.15) is 129 Å². The van der Waals surface area contributed by atoms with E-state index < -0.39 is 6.97 Å². The van der Waals surface area contributed by atoms with Crippen LogP contribution >= 0.6 is 0 Å². The van der Waals surface area contributed by atoms with Crippen molar-refractivity contribution in [2.45, 2.75) is 105 Å². The van der Waals surface area contributed by atoms with Gasteiger partial charge in [-0.2, -0.15) is 0 Å². The van der Waals surface area contributed by atoms with E-state index in [1.54, 1.807) is 21.3 Å². The van der Waals surface area contributed by atoms with Crippen LogP contribution in [0, 0.1) is 0 Å². The number of rotatable bonds is 25. The molecule has 11 aromatic rings. The highest BCUT2D eigenvalue weighted by Crippen LogP contribution is 2.57. The SMILES string of the molecule is CCCCc1ccc(C2=C(c3ccc(-c4ccc(OC)cc4)cc3)C3=C(c4ccc(-c5ccc(OC)cc5)cc4)c4c(-c5ccc(-c6ccc(OC)cc6)cc5)c(-c5ccc(CCCC)cc5)c(-c5ccc(CCCC)cc5)n4[B-](F)(F)[N+]3=C2c2ccc(CCCC)cc2)cc1. The van der Waals surface area contributed by atoms with Crippen LogP contribution in [0.4, 0.5) is 8.63 Å². The summed E-state index contributed by atoms with van der Waals surface area (Å²) in [6, 6.07) is 84.6. The first kappa shape index (κ1) is 64.7. The number of fused-ring (bicyclic) bond motifs is 2. The van der Waals surface area contributed by atoms with Gasteiger partial charge in [-0.3, -0.25) is 0 Å². The number of aryl methyl sites for hydroxylation is 4. The van der Waals surface area contributed by atoms with Crippen molar-refractivity contribution in [1.82, 2.24) is 4.48 Å². The van der Waals surface area contributed by atoms with E-state index in [4.69, 9.17) is 14.2 Å². The van der Waals surface area contributed by atoms with E-state index in [9.17, 15) is 0 Å². The van der Waals surface area contributed by atoms with Crippen LogP contribution in [-0.2, 0) is 25.7 Å². The summed E-state index contributed by atoms with van der Waals surface area (Å²) in [7, 11) is 5.04. The third-order valence-electron chi connectivity index (χ3n) is 19.5. The van der Waals surface area contributed by atoms with Crippen LogP contribution in [0.3, 0.4) is 0 Å². The molecule has 2 aliphatic heterocycles. The molecule has 2 aliphatic rings. The van der Waals surface area contributed by atoms with Gasteiger partial charge in [-0.15, -0.1) is 0 Å². The lowest BCUT2D eigenvalue weighted by atomic mass is 9.80. The molecule has 10 aromatic carbocycles. The Balaban J connectivity index is 1.21. The molecule has 0 N–H and O–H groups in total. The zero-order chi connectivity index (χ0) is 66.3. The zero-order valence-corrected chi connectivity index (χ0v) is 56.5. The van der Waals surface area contributed by atoms with Crippen molar-refractivity contribution in [2.75, 3.05) is 21.3 Å². The molecule has 0 aliphatic carbocycles. The number of methoxy groups -OCH3 is 3. The number of hydrogen-bond acceptors (Lipinski definition) is 3. The van der Waals surface area contributed by atoms with Gasteiger partial charge in [0.15, 0.2) is 11.4 Å². The molecule has 0 atom stereocenters. The minimum absolute atomic E-state index is 0.452. The quantitative estimate of drug-likeness (QED) is 0.0535. The van der Waals surface area contributed by atoms with E-state index in [2.05, 4.69) is 234 Å². The van der Waals surface area contributed by atoms with Crippen molar-refractivity contribution >= 4 is 29.4 Å². The average Bonchev–Trinajstić information content (AvgIpc) is 1.50. The Morgan fingerprint density at radius 2 is 0.552 bits per heavy atom. The first-order chi connectivity index (χ1) is 47.0. The van der Waals surface area contributed by atoms with Crippen molar-refractivity contribution in [1.29, 1.82) is 0 Å². The second kappa shape index (κ2) is 28.9. The van der Waals surface area contributed by atoms with Gasteiger partial charge < -0.3 is 31.8 Å². The van der Waals surface area contributed by atoms with Gasteiger partial charge in [-0.25, -0.2) is 0 Å². The van der Waals surface area contributed by atoms with Crippen molar-refractivity contribution in [3.63, 3.8) is 0 Å². The fourth-order valence-corrected chi connectivity index (χ4v) is 14.2. The van der Waals surface area contributed by atoms with E-state index in [0.29, 0.717) is 39.5 Å². The highest BCUT2D eigenvalue weighted by molar-refractivity contribution is 6.61. The third kappa shape index (κ3) is 12.9. The first-order valence-electron chi connectivity index (χ1n) is 34.6. The smallest absolute Gasteiger partial charge is 0.497 e. The van der Waals surface area contributed by atoms with Gasteiger partial charge in [0, 0.05) is 28.1 Å². The Kier molecular flexibility index (Phi) is 19.5. The molecule has 0 fully saturated rings. The number of nitrogens with zero attached hydrogens (tertiary/aromatic N) is 2. The minimum atomic E-state index is -4.86. The molecule has 13 rings (SSSR count). The van der Waals surface area contributed by atoms with Crippen LogP contribution in [0.5, 0.6) is 17.2 Å². The van der Waals surface area contributed by atoms with Crippen LogP contribution in [0.15, 0.2) is 248 Å². The number of hydrogen-bond donors (Lipinski definition) is 0. The second-order valence-corrected chi connectivity index (χ2v) is 25.7. The van der Waals surface area contributed by atoms with Crippen molar-refractivity contribution in [3.8, 4) is 84.1 Å². The van der Waals surface area contributed by atoms with Crippen molar-refractivity contribution < 1.29 is 27.3 Å². The number of aromatic nitrogens is 1. The minimum Gasteiger partial charge on any atom is -0.497 e. The summed E-state index contributed by atoms with van der Waals surface area (Å²) in [6.45, 7) is 3.99. The van der Waals surface area contributed by atoms with E-state index in [1.165, 1.54) is 31.2 Å². The van der Waals surface area contributed by atoms with E-state index >= 15 is 8.63 Å². The topological polar surface area (TPSA) is 35.6 Å². The number of unbranched alkanes of at least 4 members (excludes halogenated alkanes) is 4. The zero-order valence-electron chi connectivity index (χ0n) is 56.5. The molecule has 0 bridgehead atoms. The van der Waals surface area contributed by atoms with Crippen LogP contribution in [0.2, 0.25) is 0 Å². The Morgan fingerprint density at radius 3 is 0.896 bits per heavy atom. The Labute approximate surface area is 566 Å². The molecule has 5 nitrogen and oxygen atoms in total. The van der Waals surface area contributed by atoms with Gasteiger partial charge in [0.2, 0.25) is 0 Å². The van der Waals surface area contributed by atoms with Gasteiger partial charge in [-0.1, -0.05) is 248 Å². The van der Waals surface area contributed by atoms with Crippen LogP contribution in [0.25, 0.3) is 83.6 Å². The summed E-state index contributed by atoms with van der Waals surface area (Å²) in [5, 5.41) is 0. The Hall–Kier alpha value is -10.0. The summed E-state index contributed by atoms with van der Waals surface area (Å²) in [6.07, 6.45) is 12.0. The monoisotopic (exact) mass is 1270 g/mol. The normalized spacial score (nSPS) is 13.3. The molecule has 1 aromatic heterocycles. The van der Waals surface area contributed by atoms with Gasteiger partial charge in [0.05, 0.1) is 38.0 Å². The van der Waals surface area contributed by atoms with Gasteiger partial charge in [0.25, 0.3) is 0 Å². The lowest BCUT2D eigenvalue weighted by Gasteiger charge is -2.35. The molecule has 0 radical (unpaired) electrons. The van der Waals surface area contributed by atoms with Crippen LogP contribution < -0.4 is 14.2 Å². The predicted octanol–water partition coefficient (Wildman–Crippen LogP) is 23.0. The fraction of sp³-hybridized carbons (Fsp3) is 0.216. The Bertz CT molecular complexity index is 4600. The van der Waals surface area contributed by atoms with Gasteiger partial charge in [0.1, 0.15) is 17.2 Å².